The third-order valence-corrected chi connectivity index (χ3v) is 4.44. The van der Waals surface area contributed by atoms with E-state index in [2.05, 4.69) is 20.4 Å². The molecule has 0 unspecified atom stereocenters. The van der Waals surface area contributed by atoms with Crippen molar-refractivity contribution in [2.75, 3.05) is 12.4 Å². The molecule has 0 aliphatic rings. The van der Waals surface area contributed by atoms with E-state index in [0.717, 1.165) is 6.42 Å². The van der Waals surface area contributed by atoms with Gasteiger partial charge in [0.25, 0.3) is 11.5 Å². The molecule has 0 fully saturated rings. The summed E-state index contributed by atoms with van der Waals surface area (Å²) in [6.45, 7) is 0. The fourth-order valence-corrected chi connectivity index (χ4v) is 2.98. The highest BCUT2D eigenvalue weighted by atomic mass is 16.5. The van der Waals surface area contributed by atoms with Crippen LogP contribution in [0.15, 0.2) is 65.5 Å². The molecule has 0 radical (unpaired) electrons. The molecule has 8 nitrogen and oxygen atoms in total. The molecule has 1 amide bonds. The van der Waals surface area contributed by atoms with E-state index in [4.69, 9.17) is 4.74 Å². The van der Waals surface area contributed by atoms with Crippen LogP contribution in [-0.4, -0.2) is 32.6 Å². The Labute approximate surface area is 166 Å². The number of anilines is 1. The fourth-order valence-electron chi connectivity index (χ4n) is 2.98. The number of aryl methyl sites for hydroxylation is 2. The molecule has 146 valence electrons. The Balaban J connectivity index is 1.59. The molecule has 8 heteroatoms. The summed E-state index contributed by atoms with van der Waals surface area (Å²) in [4.78, 5) is 31.6. The van der Waals surface area contributed by atoms with Gasteiger partial charge in [-0.2, -0.15) is 9.50 Å². The summed E-state index contributed by atoms with van der Waals surface area (Å²) in [5.41, 5.74) is 1.20. The van der Waals surface area contributed by atoms with E-state index in [-0.39, 0.29) is 23.1 Å². The van der Waals surface area contributed by atoms with Crippen molar-refractivity contribution in [2.24, 2.45) is 0 Å². The number of H-pyrrole nitrogens is 1. The predicted octanol–water partition coefficient (Wildman–Crippen LogP) is 2.46. The SMILES string of the molecule is COc1cccc(C(=O)Nc2cc(=O)[nH]c3nc(CCc4ccccc4)nn23)c1. The summed E-state index contributed by atoms with van der Waals surface area (Å²) in [6.07, 6.45) is 1.38. The monoisotopic (exact) mass is 389 g/mol. The van der Waals surface area contributed by atoms with Gasteiger partial charge in [-0.05, 0) is 30.2 Å². The van der Waals surface area contributed by atoms with Crippen LogP contribution in [0.3, 0.4) is 0 Å². The molecule has 0 bridgehead atoms. The number of methoxy groups -OCH3 is 1. The number of nitrogens with one attached hydrogen (secondary N) is 2. The maximum atomic E-state index is 12.6. The van der Waals surface area contributed by atoms with Gasteiger partial charge in [0.15, 0.2) is 5.82 Å². The minimum absolute atomic E-state index is 0.245. The summed E-state index contributed by atoms with van der Waals surface area (Å²) >= 11 is 0. The molecular weight excluding hydrogens is 370 g/mol. The molecule has 2 aromatic carbocycles. The smallest absolute Gasteiger partial charge is 0.256 e. The number of hydrogen-bond acceptors (Lipinski definition) is 5. The zero-order chi connectivity index (χ0) is 20.2. The number of carbonyl (C=O) groups excluding carboxylic acids is 1. The molecule has 0 atom stereocenters. The zero-order valence-electron chi connectivity index (χ0n) is 15.8. The van der Waals surface area contributed by atoms with Gasteiger partial charge in [-0.15, -0.1) is 5.10 Å². The topological polar surface area (TPSA) is 101 Å². The third kappa shape index (κ3) is 4.16. The highest BCUT2D eigenvalue weighted by Gasteiger charge is 2.13. The number of nitrogens with zero attached hydrogens (tertiary/aromatic N) is 3. The quantitative estimate of drug-likeness (QED) is 0.528. The molecule has 2 aromatic heterocycles. The molecular formula is C21H19N5O3. The molecule has 0 spiro atoms. The van der Waals surface area contributed by atoms with Gasteiger partial charge in [0.05, 0.1) is 7.11 Å². The summed E-state index contributed by atoms with van der Waals surface area (Å²) in [5.74, 6) is 1.29. The zero-order valence-corrected chi connectivity index (χ0v) is 15.8. The molecule has 2 heterocycles. The molecule has 0 saturated heterocycles. The van der Waals surface area contributed by atoms with Gasteiger partial charge < -0.3 is 10.1 Å². The Morgan fingerprint density at radius 2 is 1.93 bits per heavy atom. The van der Waals surface area contributed by atoms with Crippen molar-refractivity contribution in [2.45, 2.75) is 12.8 Å². The first-order chi connectivity index (χ1) is 14.1. The molecule has 2 N–H and O–H groups in total. The van der Waals surface area contributed by atoms with Crippen LogP contribution in [0, 0.1) is 0 Å². The lowest BCUT2D eigenvalue weighted by Crippen LogP contribution is -2.18. The number of amides is 1. The number of carbonyl (C=O) groups is 1. The summed E-state index contributed by atoms with van der Waals surface area (Å²) in [5, 5.41) is 7.17. The van der Waals surface area contributed by atoms with Crippen molar-refractivity contribution < 1.29 is 9.53 Å². The second-order valence-corrected chi connectivity index (χ2v) is 6.45. The highest BCUT2D eigenvalue weighted by Crippen LogP contribution is 2.15. The second-order valence-electron chi connectivity index (χ2n) is 6.45. The number of fused-ring (bicyclic) bond motifs is 1. The van der Waals surface area contributed by atoms with Gasteiger partial charge in [-0.25, -0.2) is 0 Å². The van der Waals surface area contributed by atoms with E-state index < -0.39 is 0 Å². The first kappa shape index (κ1) is 18.4. The number of aromatic nitrogens is 4. The number of aromatic amines is 1. The second kappa shape index (κ2) is 7.97. The van der Waals surface area contributed by atoms with Crippen molar-refractivity contribution in [3.63, 3.8) is 0 Å². The molecule has 29 heavy (non-hydrogen) atoms. The highest BCUT2D eigenvalue weighted by molar-refractivity contribution is 6.04. The number of rotatable bonds is 6. The minimum Gasteiger partial charge on any atom is -0.497 e. The maximum absolute atomic E-state index is 12.6. The van der Waals surface area contributed by atoms with E-state index in [1.807, 2.05) is 30.3 Å². The molecule has 0 aliphatic carbocycles. The average Bonchev–Trinajstić information content (AvgIpc) is 3.16. The number of benzene rings is 2. The van der Waals surface area contributed by atoms with Crippen molar-refractivity contribution in [3.05, 3.63) is 88.0 Å². The lowest BCUT2D eigenvalue weighted by Gasteiger charge is -2.07. The van der Waals surface area contributed by atoms with Crippen LogP contribution in [-0.2, 0) is 12.8 Å². The summed E-state index contributed by atoms with van der Waals surface area (Å²) in [7, 11) is 1.53. The summed E-state index contributed by atoms with van der Waals surface area (Å²) in [6, 6.07) is 18.0. The predicted molar refractivity (Wildman–Crippen MR) is 108 cm³/mol. The fraction of sp³-hybridized carbons (Fsp3) is 0.143. The van der Waals surface area contributed by atoms with Gasteiger partial charge in [-0.3, -0.25) is 14.6 Å². The van der Waals surface area contributed by atoms with Crippen LogP contribution in [0.5, 0.6) is 5.75 Å². The van der Waals surface area contributed by atoms with Crippen LogP contribution in [0.2, 0.25) is 0 Å². The van der Waals surface area contributed by atoms with Gasteiger partial charge in [0.1, 0.15) is 11.6 Å². The largest absolute Gasteiger partial charge is 0.497 e. The van der Waals surface area contributed by atoms with Crippen LogP contribution in [0.25, 0.3) is 5.78 Å². The van der Waals surface area contributed by atoms with Gasteiger partial charge in [0, 0.05) is 18.1 Å². The Morgan fingerprint density at radius 3 is 2.72 bits per heavy atom. The van der Waals surface area contributed by atoms with E-state index in [1.165, 1.54) is 23.3 Å². The van der Waals surface area contributed by atoms with Gasteiger partial charge >= 0.3 is 0 Å². The molecule has 4 rings (SSSR count). The normalized spacial score (nSPS) is 10.8. The molecule has 4 aromatic rings. The van der Waals surface area contributed by atoms with Gasteiger partial charge in [0.2, 0.25) is 5.78 Å². The van der Waals surface area contributed by atoms with Crippen molar-refractivity contribution in [1.29, 1.82) is 0 Å². The first-order valence-electron chi connectivity index (χ1n) is 9.11. The van der Waals surface area contributed by atoms with E-state index >= 15 is 0 Å². The maximum Gasteiger partial charge on any atom is 0.256 e. The minimum atomic E-state index is -0.378. The summed E-state index contributed by atoms with van der Waals surface area (Å²) < 4.78 is 6.58. The first-order valence-corrected chi connectivity index (χ1v) is 9.11. The van der Waals surface area contributed by atoms with Crippen molar-refractivity contribution in [1.82, 2.24) is 19.6 Å². The molecule has 0 aliphatic heterocycles. The Hall–Kier alpha value is -3.94. The Morgan fingerprint density at radius 1 is 1.10 bits per heavy atom. The lowest BCUT2D eigenvalue weighted by molar-refractivity contribution is 0.102. The van der Waals surface area contributed by atoms with Crippen LogP contribution < -0.4 is 15.6 Å². The van der Waals surface area contributed by atoms with Crippen LogP contribution in [0.4, 0.5) is 5.82 Å². The standard InChI is InChI=1S/C21H19N5O3/c1-29-16-9-5-8-15(12-16)20(28)23-18-13-19(27)24-21-22-17(25-26(18)21)11-10-14-6-3-2-4-7-14/h2-9,12-13H,10-11H2,1H3,(H,23,28)(H,22,24,25,27). The number of ether oxygens (including phenoxy) is 1. The average molecular weight is 389 g/mol. The van der Waals surface area contributed by atoms with E-state index in [1.54, 1.807) is 24.3 Å². The van der Waals surface area contributed by atoms with E-state index in [0.29, 0.717) is 23.6 Å². The van der Waals surface area contributed by atoms with E-state index in [9.17, 15) is 9.59 Å². The Bertz CT molecular complexity index is 1210. The number of hydrogen-bond donors (Lipinski definition) is 2. The molecule has 0 saturated carbocycles. The van der Waals surface area contributed by atoms with Gasteiger partial charge in [-0.1, -0.05) is 36.4 Å². The van der Waals surface area contributed by atoms with Crippen LogP contribution in [0.1, 0.15) is 21.7 Å². The van der Waals surface area contributed by atoms with Crippen LogP contribution >= 0.6 is 0 Å². The van der Waals surface area contributed by atoms with Crippen molar-refractivity contribution >= 4 is 17.5 Å². The third-order valence-electron chi connectivity index (χ3n) is 4.44. The Kier molecular flexibility index (Phi) is 5.07. The lowest BCUT2D eigenvalue weighted by atomic mass is 10.1. The van der Waals surface area contributed by atoms with Crippen molar-refractivity contribution in [3.8, 4) is 5.75 Å².